The Labute approximate surface area is 116 Å². The van der Waals surface area contributed by atoms with Gasteiger partial charge in [0, 0.05) is 35.6 Å². The Morgan fingerprint density at radius 1 is 1.35 bits per heavy atom. The van der Waals surface area contributed by atoms with Gasteiger partial charge in [0.15, 0.2) is 0 Å². The van der Waals surface area contributed by atoms with Crippen molar-refractivity contribution in [2.24, 2.45) is 0 Å². The Bertz CT molecular complexity index is 364. The molecule has 0 atom stereocenters. The van der Waals surface area contributed by atoms with E-state index in [-0.39, 0.29) is 0 Å². The fourth-order valence-electron chi connectivity index (χ4n) is 1.99. The van der Waals surface area contributed by atoms with Crippen molar-refractivity contribution in [2.45, 2.75) is 13.5 Å². The van der Waals surface area contributed by atoms with Crippen LogP contribution >= 0.6 is 27.7 Å². The zero-order valence-electron chi connectivity index (χ0n) is 10.2. The van der Waals surface area contributed by atoms with Crippen LogP contribution in [0.2, 0.25) is 0 Å². The smallest absolute Gasteiger partial charge is 0.0511 e. The highest BCUT2D eigenvalue weighted by Crippen LogP contribution is 2.29. The van der Waals surface area contributed by atoms with E-state index in [2.05, 4.69) is 51.3 Å². The number of hydrogen-bond donors (Lipinski definition) is 1. The zero-order valence-corrected chi connectivity index (χ0v) is 12.6. The molecule has 1 aromatic carbocycles. The van der Waals surface area contributed by atoms with Gasteiger partial charge in [-0.3, -0.25) is 0 Å². The minimum absolute atomic E-state index is 0.950. The van der Waals surface area contributed by atoms with Gasteiger partial charge in [-0.25, -0.2) is 0 Å². The molecule has 2 rings (SSSR count). The van der Waals surface area contributed by atoms with Gasteiger partial charge in [-0.05, 0) is 40.2 Å². The summed E-state index contributed by atoms with van der Waals surface area (Å²) in [4.78, 5) is 2.47. The molecule has 2 nitrogen and oxygen atoms in total. The summed E-state index contributed by atoms with van der Waals surface area (Å²) < 4.78 is 1.22. The largest absolute Gasteiger partial charge is 0.369 e. The number of thioether (sulfide) groups is 1. The van der Waals surface area contributed by atoms with Crippen molar-refractivity contribution in [3.63, 3.8) is 0 Å². The van der Waals surface area contributed by atoms with Gasteiger partial charge < -0.3 is 10.2 Å². The van der Waals surface area contributed by atoms with Crippen LogP contribution in [-0.2, 0) is 6.54 Å². The molecule has 4 heteroatoms. The van der Waals surface area contributed by atoms with Crippen LogP contribution in [0.4, 0.5) is 5.69 Å². The number of nitrogens with zero attached hydrogens (tertiary/aromatic N) is 1. The van der Waals surface area contributed by atoms with E-state index in [1.807, 2.05) is 11.8 Å². The number of hydrogen-bond acceptors (Lipinski definition) is 3. The molecule has 0 spiro atoms. The predicted octanol–water partition coefficient (Wildman–Crippen LogP) is 3.11. The Morgan fingerprint density at radius 2 is 2.12 bits per heavy atom. The minimum atomic E-state index is 0.950. The average Bonchev–Trinajstić information content (AvgIpc) is 2.37. The van der Waals surface area contributed by atoms with Gasteiger partial charge in [-0.15, -0.1) is 0 Å². The maximum atomic E-state index is 3.70. The van der Waals surface area contributed by atoms with Crippen LogP contribution in [0.15, 0.2) is 22.7 Å². The summed E-state index contributed by atoms with van der Waals surface area (Å²) in [6.07, 6.45) is 0. The Kier molecular flexibility index (Phi) is 5.19. The lowest BCUT2D eigenvalue weighted by Gasteiger charge is -2.29. The van der Waals surface area contributed by atoms with Crippen LogP contribution in [0.1, 0.15) is 12.5 Å². The highest BCUT2D eigenvalue weighted by Gasteiger charge is 2.13. The molecule has 94 valence electrons. The molecule has 1 aliphatic heterocycles. The minimum Gasteiger partial charge on any atom is -0.369 e. The number of anilines is 1. The molecule has 1 fully saturated rings. The molecule has 0 saturated carbocycles. The van der Waals surface area contributed by atoms with Gasteiger partial charge >= 0.3 is 0 Å². The summed E-state index contributed by atoms with van der Waals surface area (Å²) in [6.45, 7) is 6.43. The van der Waals surface area contributed by atoms with E-state index in [9.17, 15) is 0 Å². The van der Waals surface area contributed by atoms with Crippen LogP contribution < -0.4 is 10.2 Å². The van der Waals surface area contributed by atoms with Gasteiger partial charge in [0.05, 0.1) is 5.69 Å². The average molecular weight is 315 g/mol. The molecule has 1 heterocycles. The molecule has 1 aliphatic rings. The molecule has 17 heavy (non-hydrogen) atoms. The number of nitrogens with one attached hydrogen (secondary N) is 1. The molecule has 0 bridgehead atoms. The van der Waals surface area contributed by atoms with Crippen molar-refractivity contribution in [1.29, 1.82) is 0 Å². The van der Waals surface area contributed by atoms with Crippen LogP contribution in [0.5, 0.6) is 0 Å². The van der Waals surface area contributed by atoms with E-state index in [0.717, 1.165) is 26.2 Å². The molecule has 0 radical (unpaired) electrons. The molecule has 0 aromatic heterocycles. The monoisotopic (exact) mass is 314 g/mol. The van der Waals surface area contributed by atoms with E-state index < -0.39 is 0 Å². The van der Waals surface area contributed by atoms with Gasteiger partial charge in [0.25, 0.3) is 0 Å². The molecule has 1 N–H and O–H groups in total. The van der Waals surface area contributed by atoms with E-state index >= 15 is 0 Å². The second kappa shape index (κ2) is 6.66. The SMILES string of the molecule is CCNCc1ccc(N2CCSCC2)c(Br)c1. The number of halogens is 1. The molecule has 0 aliphatic carbocycles. The van der Waals surface area contributed by atoms with E-state index in [1.54, 1.807) is 0 Å². The first kappa shape index (κ1) is 13.2. The third-order valence-corrected chi connectivity index (χ3v) is 4.52. The van der Waals surface area contributed by atoms with Gasteiger partial charge in [0.1, 0.15) is 0 Å². The predicted molar refractivity (Wildman–Crippen MR) is 81.1 cm³/mol. The van der Waals surface area contributed by atoms with Crippen molar-refractivity contribution in [3.8, 4) is 0 Å². The van der Waals surface area contributed by atoms with Gasteiger partial charge in [0.2, 0.25) is 0 Å². The molecule has 0 unspecified atom stereocenters. The fraction of sp³-hybridized carbons (Fsp3) is 0.538. The summed E-state index contributed by atoms with van der Waals surface area (Å²) in [5, 5.41) is 3.35. The maximum Gasteiger partial charge on any atom is 0.0511 e. The lowest BCUT2D eigenvalue weighted by atomic mass is 10.2. The molecular formula is C13H19BrN2S. The van der Waals surface area contributed by atoms with Crippen molar-refractivity contribution in [2.75, 3.05) is 36.0 Å². The Balaban J connectivity index is 2.07. The lowest BCUT2D eigenvalue weighted by molar-refractivity contribution is 0.726. The summed E-state index contributed by atoms with van der Waals surface area (Å²) in [7, 11) is 0. The van der Waals surface area contributed by atoms with Crippen molar-refractivity contribution in [1.82, 2.24) is 5.32 Å². The second-order valence-electron chi connectivity index (χ2n) is 4.17. The fourth-order valence-corrected chi connectivity index (χ4v) is 3.57. The van der Waals surface area contributed by atoms with Crippen molar-refractivity contribution in [3.05, 3.63) is 28.2 Å². The highest BCUT2D eigenvalue weighted by atomic mass is 79.9. The third-order valence-electron chi connectivity index (χ3n) is 2.94. The standard InChI is InChI=1S/C13H19BrN2S/c1-2-15-10-11-3-4-13(12(14)9-11)16-5-7-17-8-6-16/h3-4,9,15H,2,5-8,10H2,1H3. The molecular weight excluding hydrogens is 296 g/mol. The quantitative estimate of drug-likeness (QED) is 0.919. The molecule has 0 amide bonds. The van der Waals surface area contributed by atoms with Crippen LogP contribution in [0, 0.1) is 0 Å². The van der Waals surface area contributed by atoms with Crippen molar-refractivity contribution >= 4 is 33.4 Å². The summed E-state index contributed by atoms with van der Waals surface area (Å²) in [5.74, 6) is 2.48. The first-order valence-electron chi connectivity index (χ1n) is 6.13. The molecule has 1 aromatic rings. The van der Waals surface area contributed by atoms with Crippen LogP contribution in [0.25, 0.3) is 0 Å². The zero-order chi connectivity index (χ0) is 12.1. The summed E-state index contributed by atoms with van der Waals surface area (Å²) in [5.41, 5.74) is 2.68. The molecule has 1 saturated heterocycles. The first-order chi connectivity index (χ1) is 8.31. The summed E-state index contributed by atoms with van der Waals surface area (Å²) in [6, 6.07) is 6.71. The maximum absolute atomic E-state index is 3.70. The Morgan fingerprint density at radius 3 is 2.76 bits per heavy atom. The van der Waals surface area contributed by atoms with Crippen LogP contribution in [-0.4, -0.2) is 31.1 Å². The van der Waals surface area contributed by atoms with Crippen molar-refractivity contribution < 1.29 is 0 Å². The lowest BCUT2D eigenvalue weighted by Crippen LogP contribution is -2.32. The third kappa shape index (κ3) is 3.63. The highest BCUT2D eigenvalue weighted by molar-refractivity contribution is 9.10. The van der Waals surface area contributed by atoms with E-state index in [4.69, 9.17) is 0 Å². The van der Waals surface area contributed by atoms with E-state index in [0.29, 0.717) is 0 Å². The Hall–Kier alpha value is -0.190. The van der Waals surface area contributed by atoms with Gasteiger partial charge in [-0.2, -0.15) is 11.8 Å². The second-order valence-corrected chi connectivity index (χ2v) is 6.24. The number of rotatable bonds is 4. The van der Waals surface area contributed by atoms with E-state index in [1.165, 1.54) is 27.2 Å². The topological polar surface area (TPSA) is 15.3 Å². The van der Waals surface area contributed by atoms with Gasteiger partial charge in [-0.1, -0.05) is 13.0 Å². The van der Waals surface area contributed by atoms with Crippen LogP contribution in [0.3, 0.4) is 0 Å². The summed E-state index contributed by atoms with van der Waals surface area (Å²) >= 11 is 5.74. The first-order valence-corrected chi connectivity index (χ1v) is 8.08. The normalized spacial score (nSPS) is 16.2. The number of benzene rings is 1.